The number of hydrogen-bond donors (Lipinski definition) is 3. The number of hydrogen-bond acceptors (Lipinski definition) is 5. The highest BCUT2D eigenvalue weighted by molar-refractivity contribution is 5.62. The zero-order valence-electron chi connectivity index (χ0n) is 13.1. The maximum atomic E-state index is 12.1. The Kier molecular flexibility index (Phi) is 6.48. The van der Waals surface area contributed by atoms with Crippen molar-refractivity contribution in [3.05, 3.63) is 20.8 Å². The smallest absolute Gasteiger partial charge is 0.330 e. The van der Waals surface area contributed by atoms with Crippen LogP contribution in [0.4, 0.5) is 11.5 Å². The van der Waals surface area contributed by atoms with Crippen LogP contribution in [0, 0.1) is 0 Å². The summed E-state index contributed by atoms with van der Waals surface area (Å²) in [5, 5.41) is 9.00. The lowest BCUT2D eigenvalue weighted by atomic mass is 10.2. The molecule has 7 heteroatoms. The van der Waals surface area contributed by atoms with Crippen LogP contribution in [0.25, 0.3) is 0 Å². The van der Waals surface area contributed by atoms with Crippen molar-refractivity contribution in [1.29, 1.82) is 0 Å². The molecule has 0 unspecified atom stereocenters. The summed E-state index contributed by atoms with van der Waals surface area (Å²) in [5.74, 6) is 0.198. The van der Waals surface area contributed by atoms with Gasteiger partial charge in [0.2, 0.25) is 0 Å². The van der Waals surface area contributed by atoms with Crippen LogP contribution < -0.4 is 21.9 Å². The maximum Gasteiger partial charge on any atom is 0.330 e. The van der Waals surface area contributed by atoms with E-state index < -0.39 is 11.2 Å². The third-order valence-electron chi connectivity index (χ3n) is 3.42. The predicted molar refractivity (Wildman–Crippen MR) is 84.8 cm³/mol. The van der Waals surface area contributed by atoms with Gasteiger partial charge in [0.1, 0.15) is 11.5 Å². The summed E-state index contributed by atoms with van der Waals surface area (Å²) in [5.41, 5.74) is 5.44. The Morgan fingerprint density at radius 1 is 1.33 bits per heavy atom. The average molecular weight is 298 g/mol. The van der Waals surface area contributed by atoms with Crippen LogP contribution in [0.15, 0.2) is 9.59 Å². The molecule has 21 heavy (non-hydrogen) atoms. The summed E-state index contributed by atoms with van der Waals surface area (Å²) in [4.78, 5) is 28.2. The minimum absolute atomic E-state index is 0.0382. The average Bonchev–Trinajstić information content (AvgIpc) is 2.41. The Labute approximate surface area is 124 Å². The third kappa shape index (κ3) is 4.10. The van der Waals surface area contributed by atoms with Gasteiger partial charge in [0.05, 0.1) is 0 Å². The van der Waals surface area contributed by atoms with Crippen molar-refractivity contribution in [2.45, 2.75) is 52.6 Å². The number of nitrogens with one attached hydrogen (secondary N) is 1. The van der Waals surface area contributed by atoms with Crippen LogP contribution in [0.3, 0.4) is 0 Å². The molecule has 7 nitrogen and oxygen atoms in total. The van der Waals surface area contributed by atoms with Gasteiger partial charge in [0.15, 0.2) is 0 Å². The van der Waals surface area contributed by atoms with Gasteiger partial charge >= 0.3 is 5.69 Å². The standard InChI is InChI=1S/C14H26N4O3/c1-4-5-7-18-12(15)11(13(20)16-14(18)21)17(10(2)3)8-6-9-19/h10,19H,4-9,15H2,1-3H3,(H,16,20,21). The summed E-state index contributed by atoms with van der Waals surface area (Å²) in [6.07, 6.45) is 2.28. The monoisotopic (exact) mass is 298 g/mol. The molecule has 0 saturated heterocycles. The van der Waals surface area contributed by atoms with Crippen LogP contribution in [0.2, 0.25) is 0 Å². The first-order chi connectivity index (χ1) is 9.93. The van der Waals surface area contributed by atoms with Gasteiger partial charge in [0.25, 0.3) is 5.56 Å². The fourth-order valence-corrected chi connectivity index (χ4v) is 2.26. The van der Waals surface area contributed by atoms with Gasteiger partial charge in [-0.15, -0.1) is 0 Å². The van der Waals surface area contributed by atoms with Crippen LogP contribution in [0.1, 0.15) is 40.0 Å². The summed E-state index contributed by atoms with van der Waals surface area (Å²) in [6.45, 7) is 6.94. The highest BCUT2D eigenvalue weighted by atomic mass is 16.3. The molecule has 1 rings (SSSR count). The van der Waals surface area contributed by atoms with E-state index in [0.717, 1.165) is 12.8 Å². The number of aromatic nitrogens is 2. The first kappa shape index (κ1) is 17.3. The van der Waals surface area contributed by atoms with Crippen LogP contribution in [-0.4, -0.2) is 33.9 Å². The maximum absolute atomic E-state index is 12.1. The lowest BCUT2D eigenvalue weighted by Crippen LogP contribution is -2.41. The zero-order valence-corrected chi connectivity index (χ0v) is 13.1. The molecule has 0 spiro atoms. The highest BCUT2D eigenvalue weighted by Gasteiger charge is 2.20. The zero-order chi connectivity index (χ0) is 16.0. The van der Waals surface area contributed by atoms with E-state index in [9.17, 15) is 9.59 Å². The van der Waals surface area contributed by atoms with Crippen molar-refractivity contribution in [2.75, 3.05) is 23.8 Å². The lowest BCUT2D eigenvalue weighted by molar-refractivity contribution is 0.288. The molecule has 4 N–H and O–H groups in total. The van der Waals surface area contributed by atoms with Crippen LogP contribution in [0.5, 0.6) is 0 Å². The summed E-state index contributed by atoms with van der Waals surface area (Å²) in [6, 6.07) is 0.0390. The molecule has 1 aromatic heterocycles. The van der Waals surface area contributed by atoms with E-state index >= 15 is 0 Å². The van der Waals surface area contributed by atoms with Crippen molar-refractivity contribution >= 4 is 11.5 Å². The fraction of sp³-hybridized carbons (Fsp3) is 0.714. The van der Waals surface area contributed by atoms with Crippen LogP contribution in [-0.2, 0) is 6.54 Å². The number of nitrogen functional groups attached to an aromatic ring is 1. The highest BCUT2D eigenvalue weighted by Crippen LogP contribution is 2.19. The number of rotatable bonds is 8. The molecule has 0 aliphatic rings. The Balaban J connectivity index is 3.32. The number of aliphatic hydroxyl groups excluding tert-OH is 1. The molecule has 120 valence electrons. The van der Waals surface area contributed by atoms with Crippen molar-refractivity contribution < 1.29 is 5.11 Å². The van der Waals surface area contributed by atoms with Crippen molar-refractivity contribution in [3.63, 3.8) is 0 Å². The first-order valence-electron chi connectivity index (χ1n) is 7.44. The van der Waals surface area contributed by atoms with E-state index in [4.69, 9.17) is 10.8 Å². The largest absolute Gasteiger partial charge is 0.396 e. The molecule has 0 aliphatic heterocycles. The Morgan fingerprint density at radius 3 is 2.52 bits per heavy atom. The molecular weight excluding hydrogens is 272 g/mol. The summed E-state index contributed by atoms with van der Waals surface area (Å²) in [7, 11) is 0. The third-order valence-corrected chi connectivity index (χ3v) is 3.42. The van der Waals surface area contributed by atoms with E-state index in [0.29, 0.717) is 25.2 Å². The van der Waals surface area contributed by atoms with Gasteiger partial charge < -0.3 is 15.7 Å². The minimum Gasteiger partial charge on any atom is -0.396 e. The van der Waals surface area contributed by atoms with Gasteiger partial charge in [-0.05, 0) is 26.7 Å². The number of aliphatic hydroxyl groups is 1. The molecule has 0 radical (unpaired) electrons. The Hall–Kier alpha value is -1.76. The molecule has 0 atom stereocenters. The second kappa shape index (κ2) is 7.87. The molecule has 0 aliphatic carbocycles. The molecule has 0 amide bonds. The normalized spacial score (nSPS) is 11.1. The van der Waals surface area contributed by atoms with E-state index in [1.165, 1.54) is 4.57 Å². The van der Waals surface area contributed by atoms with Gasteiger partial charge in [-0.3, -0.25) is 14.3 Å². The first-order valence-corrected chi connectivity index (χ1v) is 7.44. The summed E-state index contributed by atoms with van der Waals surface area (Å²) < 4.78 is 1.41. The number of aromatic amines is 1. The van der Waals surface area contributed by atoms with Crippen LogP contribution >= 0.6 is 0 Å². The second-order valence-corrected chi connectivity index (χ2v) is 5.36. The minimum atomic E-state index is -0.475. The Morgan fingerprint density at radius 2 is 2.00 bits per heavy atom. The molecule has 1 aromatic rings. The summed E-state index contributed by atoms with van der Waals surface area (Å²) >= 11 is 0. The van der Waals surface area contributed by atoms with Crippen molar-refractivity contribution in [2.24, 2.45) is 0 Å². The molecule has 1 heterocycles. The van der Waals surface area contributed by atoms with Gasteiger partial charge in [0, 0.05) is 25.7 Å². The molecule has 0 bridgehead atoms. The number of nitrogens with two attached hydrogens (primary N) is 1. The van der Waals surface area contributed by atoms with Gasteiger partial charge in [-0.1, -0.05) is 13.3 Å². The van der Waals surface area contributed by atoms with E-state index in [1.54, 1.807) is 0 Å². The Bertz CT molecular complexity index is 562. The molecule has 0 fully saturated rings. The SMILES string of the molecule is CCCCn1c(N)c(N(CCCO)C(C)C)c(=O)[nH]c1=O. The lowest BCUT2D eigenvalue weighted by Gasteiger charge is -2.29. The van der Waals surface area contributed by atoms with Crippen molar-refractivity contribution in [3.8, 4) is 0 Å². The molecule has 0 aromatic carbocycles. The van der Waals surface area contributed by atoms with Crippen molar-refractivity contribution in [1.82, 2.24) is 9.55 Å². The second-order valence-electron chi connectivity index (χ2n) is 5.36. The van der Waals surface area contributed by atoms with E-state index in [-0.39, 0.29) is 18.5 Å². The number of nitrogens with zero attached hydrogens (tertiary/aromatic N) is 2. The predicted octanol–water partition coefficient (Wildman–Crippen LogP) is 0.516. The van der Waals surface area contributed by atoms with E-state index in [1.807, 2.05) is 25.7 Å². The molecular formula is C14H26N4O3. The topological polar surface area (TPSA) is 104 Å². The number of H-pyrrole nitrogens is 1. The number of unbranched alkanes of at least 4 members (excludes halogenated alkanes) is 1. The molecule has 0 saturated carbocycles. The number of anilines is 2. The van der Waals surface area contributed by atoms with E-state index in [2.05, 4.69) is 4.98 Å². The fourth-order valence-electron chi connectivity index (χ4n) is 2.26. The van der Waals surface area contributed by atoms with Gasteiger partial charge in [-0.25, -0.2) is 4.79 Å². The van der Waals surface area contributed by atoms with Gasteiger partial charge in [-0.2, -0.15) is 0 Å². The quantitative estimate of drug-likeness (QED) is 0.649.